The van der Waals surface area contributed by atoms with Crippen molar-refractivity contribution in [1.82, 2.24) is 10.3 Å². The number of carbonyl (C=O) groups excluding carboxylic acids is 2. The molecule has 0 fully saturated rings. The van der Waals surface area contributed by atoms with Crippen LogP contribution in [0.3, 0.4) is 0 Å². The second-order valence-corrected chi connectivity index (χ2v) is 10.3. The number of aliphatic hydroxyl groups excluding tert-OH is 1. The molecule has 0 spiro atoms. The first-order valence-corrected chi connectivity index (χ1v) is 12.7. The van der Waals surface area contributed by atoms with E-state index in [1.54, 1.807) is 30.3 Å². The van der Waals surface area contributed by atoms with Crippen molar-refractivity contribution in [3.05, 3.63) is 71.8 Å². The van der Waals surface area contributed by atoms with Gasteiger partial charge in [-0.1, -0.05) is 74.5 Å². The highest BCUT2D eigenvalue weighted by Gasteiger charge is 2.47. The van der Waals surface area contributed by atoms with Gasteiger partial charge in [0.1, 0.15) is 11.6 Å². The molecule has 210 valence electrons. The number of unbranched alkanes of at least 4 members (excludes halogenated alkanes) is 1. The van der Waals surface area contributed by atoms with E-state index in [0.717, 1.165) is 12.8 Å². The molecule has 0 aliphatic heterocycles. The molecule has 0 saturated heterocycles. The number of carbonyl (C=O) groups is 2. The lowest BCUT2D eigenvalue weighted by Crippen LogP contribution is -2.64. The van der Waals surface area contributed by atoms with E-state index < -0.39 is 48.0 Å². The summed E-state index contributed by atoms with van der Waals surface area (Å²) in [7, 11) is 0. The summed E-state index contributed by atoms with van der Waals surface area (Å²) >= 11 is 0. The Morgan fingerprint density at radius 2 is 1.50 bits per heavy atom. The third kappa shape index (κ3) is 8.50. The van der Waals surface area contributed by atoms with Crippen LogP contribution in [-0.4, -0.2) is 74.6 Å². The number of nitrogens with two attached hydrogens (primary N) is 1. The summed E-state index contributed by atoms with van der Waals surface area (Å²) in [5, 5.41) is 45.0. The molecule has 2 unspecified atom stereocenters. The van der Waals surface area contributed by atoms with Crippen LogP contribution < -0.4 is 11.2 Å². The lowest BCUT2D eigenvalue weighted by atomic mass is 9.76. The largest absolute Gasteiger partial charge is 0.448 e. The molecule has 10 heteroatoms. The van der Waals surface area contributed by atoms with Gasteiger partial charge in [0.25, 0.3) is 5.91 Å². The summed E-state index contributed by atoms with van der Waals surface area (Å²) in [6.07, 6.45) is 1.20. The maximum atomic E-state index is 12.7. The molecule has 0 heterocycles. The Morgan fingerprint density at radius 1 is 0.947 bits per heavy atom. The summed E-state index contributed by atoms with van der Waals surface area (Å²) in [5.74, 6) is 2.42. The van der Waals surface area contributed by atoms with E-state index in [-0.39, 0.29) is 13.0 Å². The fraction of sp³-hybridized carbons (Fsp3) is 0.500. The van der Waals surface area contributed by atoms with Gasteiger partial charge in [-0.05, 0) is 43.7 Å². The van der Waals surface area contributed by atoms with E-state index in [9.17, 15) is 30.0 Å². The Kier molecular flexibility index (Phi) is 11.2. The normalized spacial score (nSPS) is 14.3. The summed E-state index contributed by atoms with van der Waals surface area (Å²) in [5.41, 5.74) is -1.39. The molecule has 2 aromatic carbocycles. The average Bonchev–Trinajstić information content (AvgIpc) is 2.90. The zero-order valence-electron chi connectivity index (χ0n) is 22.3. The average molecular weight is 532 g/mol. The molecule has 2 atom stereocenters. The Balaban J connectivity index is 2.05. The molecular weight excluding hydrogens is 490 g/mol. The Hall–Kier alpha value is -3.02. The first-order valence-electron chi connectivity index (χ1n) is 12.7. The van der Waals surface area contributed by atoms with Crippen molar-refractivity contribution in [2.24, 2.45) is 11.3 Å². The van der Waals surface area contributed by atoms with Crippen LogP contribution in [0.25, 0.3) is 0 Å². The molecule has 38 heavy (non-hydrogen) atoms. The minimum Gasteiger partial charge on any atom is -0.448 e. The number of rotatable bonds is 14. The van der Waals surface area contributed by atoms with E-state index in [0.29, 0.717) is 17.0 Å². The highest BCUT2D eigenvalue weighted by atomic mass is 16.6. The number of amides is 2. The van der Waals surface area contributed by atoms with Crippen LogP contribution in [0.5, 0.6) is 0 Å². The third-order valence-corrected chi connectivity index (χ3v) is 6.94. The van der Waals surface area contributed by atoms with Crippen molar-refractivity contribution in [2.45, 2.75) is 63.9 Å². The number of aryl methyl sites for hydroxylation is 1. The number of ether oxygens (including phenoxy) is 1. The molecular formula is C28H41N3O7. The standard InChI is InChI=1S/C28H41N3O7/c1-26(2,20-32)27(3,35)24(33)30-19-28(36,37)23(18-22-15-8-5-9-16-22)31(29)25(34)38-17-11-10-14-21-12-6-4-7-13-21/h4-9,12-13,15-16,23,32,35-37H,10-11,14,17-20,29H2,1-3H3,(H,30,33). The predicted molar refractivity (Wildman–Crippen MR) is 142 cm³/mol. The van der Waals surface area contributed by atoms with Crippen LogP contribution in [0.2, 0.25) is 0 Å². The molecule has 0 aliphatic rings. The molecule has 0 saturated carbocycles. The summed E-state index contributed by atoms with van der Waals surface area (Å²) < 4.78 is 5.28. The Bertz CT molecular complexity index is 1010. The van der Waals surface area contributed by atoms with Gasteiger partial charge in [0.05, 0.1) is 19.8 Å². The Morgan fingerprint density at radius 3 is 2.05 bits per heavy atom. The highest BCUT2D eigenvalue weighted by Crippen LogP contribution is 2.30. The molecule has 2 aromatic rings. The van der Waals surface area contributed by atoms with Gasteiger partial charge in [0, 0.05) is 5.41 Å². The molecule has 0 radical (unpaired) electrons. The summed E-state index contributed by atoms with van der Waals surface area (Å²) in [6.45, 7) is 3.07. The minimum absolute atomic E-state index is 0.0537. The topological polar surface area (TPSA) is 166 Å². The van der Waals surface area contributed by atoms with Crippen molar-refractivity contribution < 1.29 is 34.8 Å². The second-order valence-electron chi connectivity index (χ2n) is 10.3. The number of hydrogen-bond acceptors (Lipinski definition) is 8. The fourth-order valence-electron chi connectivity index (χ4n) is 3.72. The van der Waals surface area contributed by atoms with E-state index >= 15 is 0 Å². The molecule has 0 aliphatic carbocycles. The van der Waals surface area contributed by atoms with Gasteiger partial charge < -0.3 is 30.5 Å². The van der Waals surface area contributed by atoms with Gasteiger partial charge >= 0.3 is 6.09 Å². The maximum absolute atomic E-state index is 12.7. The van der Waals surface area contributed by atoms with Gasteiger partial charge in [0.15, 0.2) is 0 Å². The van der Waals surface area contributed by atoms with Crippen molar-refractivity contribution in [3.8, 4) is 0 Å². The first kappa shape index (κ1) is 31.2. The number of benzene rings is 2. The van der Waals surface area contributed by atoms with Crippen LogP contribution >= 0.6 is 0 Å². The van der Waals surface area contributed by atoms with Crippen molar-refractivity contribution in [2.75, 3.05) is 19.8 Å². The number of nitrogens with zero attached hydrogens (tertiary/aromatic N) is 1. The van der Waals surface area contributed by atoms with Crippen molar-refractivity contribution >= 4 is 12.0 Å². The Labute approximate surface area is 224 Å². The molecule has 2 amide bonds. The fourth-order valence-corrected chi connectivity index (χ4v) is 3.72. The van der Waals surface area contributed by atoms with Gasteiger partial charge in [-0.2, -0.15) is 0 Å². The van der Waals surface area contributed by atoms with Crippen molar-refractivity contribution in [1.29, 1.82) is 0 Å². The molecule has 2 rings (SSSR count). The number of aliphatic hydroxyl groups is 4. The zero-order valence-corrected chi connectivity index (χ0v) is 22.3. The predicted octanol–water partition coefficient (Wildman–Crippen LogP) is 1.50. The second kappa shape index (κ2) is 13.7. The number of hydrogen-bond donors (Lipinski definition) is 6. The SMILES string of the molecule is CC(C)(CO)C(C)(O)C(=O)NCC(O)(O)C(Cc1ccccc1)N(N)C(=O)OCCCCc1ccccc1. The quantitative estimate of drug-likeness (QED) is 0.0701. The number of nitrogens with one attached hydrogen (secondary N) is 1. The van der Waals surface area contributed by atoms with E-state index in [2.05, 4.69) is 5.32 Å². The molecule has 0 bridgehead atoms. The molecule has 0 aromatic heterocycles. The third-order valence-electron chi connectivity index (χ3n) is 6.94. The summed E-state index contributed by atoms with van der Waals surface area (Å²) in [6, 6.07) is 17.3. The monoisotopic (exact) mass is 531 g/mol. The lowest BCUT2D eigenvalue weighted by Gasteiger charge is -2.39. The van der Waals surface area contributed by atoms with Crippen LogP contribution in [0.4, 0.5) is 4.79 Å². The number of hydrazine groups is 1. The molecule has 7 N–H and O–H groups in total. The summed E-state index contributed by atoms with van der Waals surface area (Å²) in [4.78, 5) is 25.4. The van der Waals surface area contributed by atoms with E-state index in [1.807, 2.05) is 30.3 Å². The maximum Gasteiger partial charge on any atom is 0.424 e. The van der Waals surface area contributed by atoms with Crippen molar-refractivity contribution in [3.63, 3.8) is 0 Å². The van der Waals surface area contributed by atoms with Gasteiger partial charge in [0.2, 0.25) is 5.79 Å². The minimum atomic E-state index is -2.69. The lowest BCUT2D eigenvalue weighted by molar-refractivity contribution is -0.202. The van der Waals surface area contributed by atoms with Crippen LogP contribution in [0, 0.1) is 5.41 Å². The van der Waals surface area contributed by atoms with Crippen LogP contribution in [-0.2, 0) is 22.4 Å². The van der Waals surface area contributed by atoms with E-state index in [4.69, 9.17) is 10.6 Å². The first-order chi connectivity index (χ1) is 17.8. The molecule has 10 nitrogen and oxygen atoms in total. The van der Waals surface area contributed by atoms with Crippen LogP contribution in [0.15, 0.2) is 60.7 Å². The van der Waals surface area contributed by atoms with E-state index in [1.165, 1.54) is 26.3 Å². The highest BCUT2D eigenvalue weighted by molar-refractivity contribution is 5.85. The smallest absolute Gasteiger partial charge is 0.424 e. The van der Waals surface area contributed by atoms with Gasteiger partial charge in [-0.15, -0.1) is 0 Å². The zero-order chi connectivity index (χ0) is 28.4. The van der Waals surface area contributed by atoms with Crippen LogP contribution in [0.1, 0.15) is 44.7 Å². The van der Waals surface area contributed by atoms with Gasteiger partial charge in [-0.25, -0.2) is 15.6 Å². The van der Waals surface area contributed by atoms with Gasteiger partial charge in [-0.3, -0.25) is 4.79 Å².